The van der Waals surface area contributed by atoms with Crippen molar-refractivity contribution in [1.82, 2.24) is 10.0 Å². The van der Waals surface area contributed by atoms with Crippen molar-refractivity contribution >= 4 is 27.9 Å². The van der Waals surface area contributed by atoms with Crippen molar-refractivity contribution in [2.45, 2.75) is 36.2 Å². The van der Waals surface area contributed by atoms with E-state index in [-0.39, 0.29) is 24.2 Å². The molecule has 0 aromatic heterocycles. The Morgan fingerprint density at radius 3 is 1.81 bits per heavy atom. The largest absolute Gasteiger partial charge is 0.480 e. The summed E-state index contributed by atoms with van der Waals surface area (Å²) in [4.78, 5) is 35.4. The van der Waals surface area contributed by atoms with Gasteiger partial charge in [0.1, 0.15) is 12.1 Å². The van der Waals surface area contributed by atoms with Crippen LogP contribution in [0, 0.1) is 0 Å². The molecule has 0 aliphatic rings. The van der Waals surface area contributed by atoms with E-state index in [9.17, 15) is 33.0 Å². The molecule has 36 heavy (non-hydrogen) atoms. The zero-order chi connectivity index (χ0) is 26.1. The second-order valence-electron chi connectivity index (χ2n) is 8.09. The summed E-state index contributed by atoms with van der Waals surface area (Å²) in [6.45, 7) is 0. The average molecular weight is 511 g/mol. The van der Waals surface area contributed by atoms with Crippen LogP contribution in [-0.4, -0.2) is 48.6 Å². The van der Waals surface area contributed by atoms with Crippen molar-refractivity contribution in [2.75, 3.05) is 0 Å². The van der Waals surface area contributed by atoms with Crippen molar-refractivity contribution in [3.05, 3.63) is 90.5 Å². The molecule has 2 atom stereocenters. The van der Waals surface area contributed by atoms with E-state index in [1.165, 1.54) is 12.1 Å². The summed E-state index contributed by atoms with van der Waals surface area (Å²) in [6.07, 6.45) is -0.693. The summed E-state index contributed by atoms with van der Waals surface area (Å²) in [5, 5.41) is 21.3. The fourth-order valence-electron chi connectivity index (χ4n) is 3.54. The molecule has 0 aliphatic carbocycles. The van der Waals surface area contributed by atoms with Crippen LogP contribution in [0.4, 0.5) is 0 Å². The van der Waals surface area contributed by atoms with Gasteiger partial charge in [0.05, 0.1) is 4.90 Å². The fourth-order valence-corrected chi connectivity index (χ4v) is 4.76. The smallest absolute Gasteiger partial charge is 0.326 e. The molecule has 0 bridgehead atoms. The summed E-state index contributed by atoms with van der Waals surface area (Å²) in [6, 6.07) is 21.3. The van der Waals surface area contributed by atoms with Crippen LogP contribution < -0.4 is 10.0 Å². The normalized spacial score (nSPS) is 12.9. The summed E-state index contributed by atoms with van der Waals surface area (Å²) in [5.74, 6) is -3.39. The average Bonchev–Trinajstić information content (AvgIpc) is 2.87. The molecule has 3 aromatic rings. The number of carboxylic acids is 2. The first-order valence-corrected chi connectivity index (χ1v) is 12.6. The minimum Gasteiger partial charge on any atom is -0.480 e. The Bertz CT molecular complexity index is 1300. The van der Waals surface area contributed by atoms with Crippen molar-refractivity contribution < 1.29 is 33.0 Å². The SMILES string of the molecule is O=C(CC[C@H](NS(=O)(=O)c1ccc(-c2ccccc2)cc1)C(=O)O)N[C@@H](Cc1ccccc1)C(=O)O. The van der Waals surface area contributed by atoms with E-state index in [4.69, 9.17) is 0 Å². The highest BCUT2D eigenvalue weighted by Gasteiger charge is 2.27. The zero-order valence-electron chi connectivity index (χ0n) is 19.2. The van der Waals surface area contributed by atoms with E-state index in [0.717, 1.165) is 11.1 Å². The highest BCUT2D eigenvalue weighted by Crippen LogP contribution is 2.21. The van der Waals surface area contributed by atoms with Crippen molar-refractivity contribution in [3.63, 3.8) is 0 Å². The first-order valence-electron chi connectivity index (χ1n) is 11.1. The Labute approximate surface area is 208 Å². The molecule has 0 spiro atoms. The molecule has 9 nitrogen and oxygen atoms in total. The predicted octanol–water partition coefficient (Wildman–Crippen LogP) is 2.68. The van der Waals surface area contributed by atoms with E-state index in [1.54, 1.807) is 42.5 Å². The highest BCUT2D eigenvalue weighted by molar-refractivity contribution is 7.89. The van der Waals surface area contributed by atoms with Crippen LogP contribution in [0.2, 0.25) is 0 Å². The van der Waals surface area contributed by atoms with Gasteiger partial charge in [-0.2, -0.15) is 4.72 Å². The van der Waals surface area contributed by atoms with E-state index < -0.39 is 40.0 Å². The van der Waals surface area contributed by atoms with Crippen LogP contribution in [0.5, 0.6) is 0 Å². The van der Waals surface area contributed by atoms with Crippen LogP contribution in [0.3, 0.4) is 0 Å². The number of carbonyl (C=O) groups excluding carboxylic acids is 1. The lowest BCUT2D eigenvalue weighted by Gasteiger charge is -2.17. The monoisotopic (exact) mass is 510 g/mol. The molecule has 0 saturated carbocycles. The van der Waals surface area contributed by atoms with Crippen molar-refractivity contribution in [2.24, 2.45) is 0 Å². The summed E-state index contributed by atoms with van der Waals surface area (Å²) in [5.41, 5.74) is 2.40. The lowest BCUT2D eigenvalue weighted by atomic mass is 10.1. The first kappa shape index (κ1) is 26.6. The van der Waals surface area contributed by atoms with Gasteiger partial charge >= 0.3 is 11.9 Å². The van der Waals surface area contributed by atoms with Gasteiger partial charge in [-0.25, -0.2) is 13.2 Å². The van der Waals surface area contributed by atoms with Crippen molar-refractivity contribution in [3.8, 4) is 11.1 Å². The fraction of sp³-hybridized carbons (Fsp3) is 0.192. The molecular weight excluding hydrogens is 484 g/mol. The molecule has 0 heterocycles. The van der Waals surface area contributed by atoms with Gasteiger partial charge in [-0.15, -0.1) is 0 Å². The number of hydrogen-bond donors (Lipinski definition) is 4. The molecule has 188 valence electrons. The van der Waals surface area contributed by atoms with Gasteiger partial charge in [0.2, 0.25) is 15.9 Å². The Morgan fingerprint density at radius 1 is 0.722 bits per heavy atom. The molecule has 10 heteroatoms. The number of carbonyl (C=O) groups is 3. The van der Waals surface area contributed by atoms with Crippen molar-refractivity contribution in [1.29, 1.82) is 0 Å². The quantitative estimate of drug-likeness (QED) is 0.293. The number of carboxylic acid groups (broad SMARTS) is 2. The molecule has 3 rings (SSSR count). The Hall–Kier alpha value is -4.02. The molecule has 1 amide bonds. The standard InChI is InChI=1S/C26H26N2O7S/c29-24(27-23(26(32)33)17-18-7-3-1-4-8-18)16-15-22(25(30)31)28-36(34,35)21-13-11-20(12-14-21)19-9-5-2-6-10-19/h1-14,22-23,28H,15-17H2,(H,27,29)(H,30,31)(H,32,33)/t22-,23-/m0/s1. The summed E-state index contributed by atoms with van der Waals surface area (Å²) >= 11 is 0. The number of nitrogens with one attached hydrogen (secondary N) is 2. The summed E-state index contributed by atoms with van der Waals surface area (Å²) in [7, 11) is -4.19. The third kappa shape index (κ3) is 7.49. The number of rotatable bonds is 12. The van der Waals surface area contributed by atoms with Gasteiger partial charge < -0.3 is 15.5 Å². The Kier molecular flexibility index (Phi) is 8.93. The third-order valence-electron chi connectivity index (χ3n) is 5.44. The minimum absolute atomic E-state index is 0.0515. The van der Waals surface area contributed by atoms with E-state index >= 15 is 0 Å². The molecule has 0 saturated heterocycles. The maximum absolute atomic E-state index is 12.8. The second kappa shape index (κ2) is 12.1. The van der Waals surface area contributed by atoms with Crippen LogP contribution in [0.15, 0.2) is 89.8 Å². The molecule has 0 unspecified atom stereocenters. The molecule has 0 fully saturated rings. The molecule has 0 aliphatic heterocycles. The van der Waals surface area contributed by atoms with E-state index in [2.05, 4.69) is 10.0 Å². The Morgan fingerprint density at radius 2 is 1.25 bits per heavy atom. The van der Waals surface area contributed by atoms with Gasteiger partial charge in [-0.1, -0.05) is 72.8 Å². The number of amides is 1. The number of aliphatic carboxylic acids is 2. The number of benzene rings is 3. The number of hydrogen-bond acceptors (Lipinski definition) is 5. The molecule has 3 aromatic carbocycles. The van der Waals surface area contributed by atoms with Crippen LogP contribution in [0.25, 0.3) is 11.1 Å². The number of sulfonamides is 1. The second-order valence-corrected chi connectivity index (χ2v) is 9.80. The molecule has 0 radical (unpaired) electrons. The third-order valence-corrected chi connectivity index (χ3v) is 6.93. The van der Waals surface area contributed by atoms with E-state index in [0.29, 0.717) is 5.56 Å². The van der Waals surface area contributed by atoms with Crippen LogP contribution in [0.1, 0.15) is 18.4 Å². The topological polar surface area (TPSA) is 150 Å². The van der Waals surface area contributed by atoms with Gasteiger partial charge in [0.25, 0.3) is 0 Å². The lowest BCUT2D eigenvalue weighted by Crippen LogP contribution is -2.44. The minimum atomic E-state index is -4.19. The molecule has 4 N–H and O–H groups in total. The van der Waals surface area contributed by atoms with Gasteiger partial charge in [0, 0.05) is 12.8 Å². The highest BCUT2D eigenvalue weighted by atomic mass is 32.2. The van der Waals surface area contributed by atoms with Crippen LogP contribution >= 0.6 is 0 Å². The predicted molar refractivity (Wildman–Crippen MR) is 133 cm³/mol. The maximum Gasteiger partial charge on any atom is 0.326 e. The maximum atomic E-state index is 12.8. The summed E-state index contributed by atoms with van der Waals surface area (Å²) < 4.78 is 27.6. The first-order chi connectivity index (χ1) is 17.2. The lowest BCUT2D eigenvalue weighted by molar-refractivity contribution is -0.142. The van der Waals surface area contributed by atoms with Gasteiger partial charge in [-0.05, 0) is 35.2 Å². The molecular formula is C26H26N2O7S. The Balaban J connectivity index is 1.61. The van der Waals surface area contributed by atoms with Crippen LogP contribution in [-0.2, 0) is 30.8 Å². The zero-order valence-corrected chi connectivity index (χ0v) is 20.0. The van der Waals surface area contributed by atoms with E-state index in [1.807, 2.05) is 30.3 Å². The van der Waals surface area contributed by atoms with Gasteiger partial charge in [0.15, 0.2) is 0 Å². The van der Waals surface area contributed by atoms with Gasteiger partial charge in [-0.3, -0.25) is 9.59 Å².